The number of aromatic nitrogens is 2. The molecule has 29 heavy (non-hydrogen) atoms. The van der Waals surface area contributed by atoms with E-state index in [4.69, 9.17) is 4.42 Å². The van der Waals surface area contributed by atoms with Crippen LogP contribution in [0.3, 0.4) is 0 Å². The highest BCUT2D eigenvalue weighted by Gasteiger charge is 2.22. The number of amides is 1. The smallest absolute Gasteiger partial charge is 0.335 e. The van der Waals surface area contributed by atoms with Gasteiger partial charge in [0, 0.05) is 19.0 Å². The fourth-order valence-electron chi connectivity index (χ4n) is 2.57. The van der Waals surface area contributed by atoms with Gasteiger partial charge in [0.1, 0.15) is 0 Å². The largest absolute Gasteiger partial charge is 0.413 e. The predicted octanol–water partition coefficient (Wildman–Crippen LogP) is 2.81. The van der Waals surface area contributed by atoms with Crippen LogP contribution in [0, 0.1) is 0 Å². The summed E-state index contributed by atoms with van der Waals surface area (Å²) >= 11 is 0. The van der Waals surface area contributed by atoms with E-state index in [9.17, 15) is 13.2 Å². The normalized spacial score (nSPS) is 11.6. The summed E-state index contributed by atoms with van der Waals surface area (Å²) in [6.45, 7) is 0.409. The monoisotopic (exact) mass is 411 g/mol. The van der Waals surface area contributed by atoms with Gasteiger partial charge in [0.05, 0.1) is 5.75 Å². The number of benzene rings is 2. The summed E-state index contributed by atoms with van der Waals surface area (Å²) in [5, 5.41) is 9.83. The third kappa shape index (κ3) is 6.39. The minimum atomic E-state index is -3.69. The SMILES string of the molecule is O=C(/C=C/c1ccccc1)NCCCc1nnc(S(=O)(=O)Cc2ccccc2)o1. The first kappa shape index (κ1) is 20.5. The molecule has 0 aliphatic carbocycles. The topological polar surface area (TPSA) is 102 Å². The molecule has 0 atom stereocenters. The summed E-state index contributed by atoms with van der Waals surface area (Å²) in [6.07, 6.45) is 4.12. The van der Waals surface area contributed by atoms with Gasteiger partial charge in [-0.15, -0.1) is 5.10 Å². The summed E-state index contributed by atoms with van der Waals surface area (Å²) in [5.74, 6) is -0.171. The van der Waals surface area contributed by atoms with Crippen molar-refractivity contribution >= 4 is 21.8 Å². The molecule has 1 amide bonds. The van der Waals surface area contributed by atoms with Crippen LogP contribution in [0.2, 0.25) is 0 Å². The number of hydrogen-bond donors (Lipinski definition) is 1. The number of hydrogen-bond acceptors (Lipinski definition) is 6. The first-order valence-corrected chi connectivity index (χ1v) is 10.8. The van der Waals surface area contributed by atoms with Gasteiger partial charge in [-0.3, -0.25) is 4.79 Å². The molecule has 8 heteroatoms. The Kier molecular flexibility index (Phi) is 6.91. The Morgan fingerprint density at radius 2 is 1.69 bits per heavy atom. The van der Waals surface area contributed by atoms with E-state index >= 15 is 0 Å². The maximum atomic E-state index is 12.4. The van der Waals surface area contributed by atoms with Crippen LogP contribution in [-0.4, -0.2) is 31.1 Å². The molecule has 0 aliphatic heterocycles. The van der Waals surface area contributed by atoms with Gasteiger partial charge in [0.15, 0.2) is 0 Å². The van der Waals surface area contributed by atoms with Crippen LogP contribution in [0.4, 0.5) is 0 Å². The summed E-state index contributed by atoms with van der Waals surface area (Å²) in [5.41, 5.74) is 1.59. The van der Waals surface area contributed by atoms with E-state index in [0.29, 0.717) is 24.9 Å². The molecule has 1 aromatic heterocycles. The molecule has 150 valence electrons. The highest BCUT2D eigenvalue weighted by atomic mass is 32.2. The Hall–Kier alpha value is -3.26. The molecule has 0 fully saturated rings. The molecule has 7 nitrogen and oxygen atoms in total. The number of sulfone groups is 1. The number of nitrogens with one attached hydrogen (secondary N) is 1. The van der Waals surface area contributed by atoms with E-state index in [1.807, 2.05) is 36.4 Å². The zero-order valence-electron chi connectivity index (χ0n) is 15.7. The molecule has 0 bridgehead atoms. The maximum absolute atomic E-state index is 12.4. The number of rotatable bonds is 9. The highest BCUT2D eigenvalue weighted by molar-refractivity contribution is 7.90. The Bertz CT molecular complexity index is 1060. The van der Waals surface area contributed by atoms with Crippen LogP contribution in [0.1, 0.15) is 23.4 Å². The molecule has 1 heterocycles. The molecular weight excluding hydrogens is 390 g/mol. The molecule has 3 rings (SSSR count). The molecule has 0 unspecified atom stereocenters. The van der Waals surface area contributed by atoms with Crippen LogP contribution in [0.5, 0.6) is 0 Å². The summed E-state index contributed by atoms with van der Waals surface area (Å²) in [6, 6.07) is 18.3. The van der Waals surface area contributed by atoms with Crippen molar-refractivity contribution in [2.45, 2.75) is 23.8 Å². The van der Waals surface area contributed by atoms with Gasteiger partial charge in [-0.25, -0.2) is 8.42 Å². The lowest BCUT2D eigenvalue weighted by atomic mass is 10.2. The van der Waals surface area contributed by atoms with Crippen molar-refractivity contribution in [2.24, 2.45) is 0 Å². The molecule has 1 N–H and O–H groups in total. The molecule has 2 aromatic carbocycles. The van der Waals surface area contributed by atoms with Crippen molar-refractivity contribution in [3.63, 3.8) is 0 Å². The zero-order chi connectivity index (χ0) is 20.5. The summed E-state index contributed by atoms with van der Waals surface area (Å²) in [4.78, 5) is 11.8. The van der Waals surface area contributed by atoms with Gasteiger partial charge in [-0.05, 0) is 23.6 Å². The standard InChI is InChI=1S/C21H21N3O4S/c25-19(14-13-17-8-3-1-4-9-17)22-15-7-12-20-23-24-21(28-20)29(26,27)16-18-10-5-2-6-11-18/h1-6,8-11,13-14H,7,12,15-16H2,(H,22,25)/b14-13+. The molecule has 0 saturated carbocycles. The van der Waals surface area contributed by atoms with E-state index in [2.05, 4.69) is 15.5 Å². The average molecular weight is 411 g/mol. The first-order valence-electron chi connectivity index (χ1n) is 9.13. The quantitative estimate of drug-likeness (QED) is 0.429. The van der Waals surface area contributed by atoms with E-state index in [1.54, 1.807) is 30.3 Å². The number of carbonyl (C=O) groups excluding carboxylic acids is 1. The number of nitrogens with zero attached hydrogens (tertiary/aromatic N) is 2. The third-order valence-corrected chi connectivity index (χ3v) is 5.42. The lowest BCUT2D eigenvalue weighted by Gasteiger charge is -2.01. The van der Waals surface area contributed by atoms with Crippen molar-refractivity contribution in [3.8, 4) is 0 Å². The third-order valence-electron chi connectivity index (χ3n) is 4.01. The molecule has 0 spiro atoms. The van der Waals surface area contributed by atoms with Crippen LogP contribution in [0.25, 0.3) is 6.08 Å². The van der Waals surface area contributed by atoms with Gasteiger partial charge >= 0.3 is 5.22 Å². The fraction of sp³-hybridized carbons (Fsp3) is 0.190. The Morgan fingerprint density at radius 3 is 2.41 bits per heavy atom. The van der Waals surface area contributed by atoms with Crippen LogP contribution in [-0.2, 0) is 26.8 Å². The number of carbonyl (C=O) groups is 1. The van der Waals surface area contributed by atoms with Crippen molar-refractivity contribution in [1.82, 2.24) is 15.5 Å². The second-order valence-corrected chi connectivity index (χ2v) is 8.21. The van der Waals surface area contributed by atoms with Crippen LogP contribution >= 0.6 is 0 Å². The average Bonchev–Trinajstić information content (AvgIpc) is 3.21. The minimum absolute atomic E-state index is 0.195. The zero-order valence-corrected chi connectivity index (χ0v) is 16.5. The summed E-state index contributed by atoms with van der Waals surface area (Å²) in [7, 11) is -3.69. The van der Waals surface area contributed by atoms with E-state index in [-0.39, 0.29) is 22.8 Å². The van der Waals surface area contributed by atoms with Crippen LogP contribution in [0.15, 0.2) is 76.4 Å². The second-order valence-electron chi connectivity index (χ2n) is 6.34. The van der Waals surface area contributed by atoms with E-state index in [0.717, 1.165) is 5.56 Å². The highest BCUT2D eigenvalue weighted by Crippen LogP contribution is 2.15. The van der Waals surface area contributed by atoms with Gasteiger partial charge in [0.25, 0.3) is 0 Å². The molecule has 3 aromatic rings. The lowest BCUT2D eigenvalue weighted by molar-refractivity contribution is -0.116. The molecule has 0 saturated heterocycles. The van der Waals surface area contributed by atoms with Crippen LogP contribution < -0.4 is 5.32 Å². The van der Waals surface area contributed by atoms with Gasteiger partial charge in [0.2, 0.25) is 21.6 Å². The Morgan fingerprint density at radius 1 is 1.00 bits per heavy atom. The van der Waals surface area contributed by atoms with E-state index < -0.39 is 9.84 Å². The fourth-order valence-corrected chi connectivity index (χ4v) is 3.71. The van der Waals surface area contributed by atoms with Crippen molar-refractivity contribution in [1.29, 1.82) is 0 Å². The summed E-state index contributed by atoms with van der Waals surface area (Å²) < 4.78 is 30.0. The van der Waals surface area contributed by atoms with Crippen molar-refractivity contribution < 1.29 is 17.6 Å². The van der Waals surface area contributed by atoms with E-state index in [1.165, 1.54) is 6.08 Å². The molecule has 0 aliphatic rings. The van der Waals surface area contributed by atoms with Gasteiger partial charge in [-0.1, -0.05) is 65.8 Å². The Labute approximate surface area is 169 Å². The molecule has 0 radical (unpaired) electrons. The van der Waals surface area contributed by atoms with Crippen molar-refractivity contribution in [3.05, 3.63) is 83.8 Å². The Balaban J connectivity index is 1.44. The van der Waals surface area contributed by atoms with Gasteiger partial charge in [-0.2, -0.15) is 0 Å². The van der Waals surface area contributed by atoms with Crippen molar-refractivity contribution in [2.75, 3.05) is 6.54 Å². The predicted molar refractivity (Wildman–Crippen MR) is 108 cm³/mol. The second kappa shape index (κ2) is 9.79. The number of aryl methyl sites for hydroxylation is 1. The molecular formula is C21H21N3O4S. The maximum Gasteiger partial charge on any atom is 0.335 e. The van der Waals surface area contributed by atoms with Gasteiger partial charge < -0.3 is 9.73 Å². The lowest BCUT2D eigenvalue weighted by Crippen LogP contribution is -2.22. The minimum Gasteiger partial charge on any atom is -0.413 e. The first-order chi connectivity index (χ1) is 14.0.